The van der Waals surface area contributed by atoms with Crippen LogP contribution in [0, 0.1) is 5.82 Å². The van der Waals surface area contributed by atoms with Crippen molar-refractivity contribution in [2.75, 3.05) is 6.61 Å². The summed E-state index contributed by atoms with van der Waals surface area (Å²) < 4.78 is 19.0. The van der Waals surface area contributed by atoms with Gasteiger partial charge in [-0.2, -0.15) is 0 Å². The lowest BCUT2D eigenvalue weighted by atomic mass is 10.1. The number of aromatic nitrogens is 1. The standard InChI is InChI=1S/C22H23FN2O2/c1-4-14(3)24-22(26)16-8-11-19-18(12-16)21(27-5-2)13-20(25-19)15-6-9-17(23)10-7-15/h6-14H,4-5H2,1-3H3,(H,24,26)/t14-/m0/s1. The number of fused-ring (bicyclic) bond motifs is 1. The Bertz CT molecular complexity index is 954. The van der Waals surface area contributed by atoms with E-state index >= 15 is 0 Å². The Balaban J connectivity index is 2.05. The van der Waals surface area contributed by atoms with Crippen molar-refractivity contribution in [3.05, 3.63) is 59.9 Å². The molecular formula is C22H23FN2O2. The zero-order chi connectivity index (χ0) is 19.4. The van der Waals surface area contributed by atoms with Gasteiger partial charge in [0.15, 0.2) is 0 Å². The molecular weight excluding hydrogens is 343 g/mol. The van der Waals surface area contributed by atoms with E-state index in [1.54, 1.807) is 24.3 Å². The van der Waals surface area contributed by atoms with E-state index in [4.69, 9.17) is 4.74 Å². The van der Waals surface area contributed by atoms with Crippen molar-refractivity contribution in [1.82, 2.24) is 10.3 Å². The van der Waals surface area contributed by atoms with Crippen molar-refractivity contribution >= 4 is 16.8 Å². The Kier molecular flexibility index (Phi) is 5.69. The molecule has 1 amide bonds. The Hall–Kier alpha value is -2.95. The van der Waals surface area contributed by atoms with Crippen LogP contribution in [0.3, 0.4) is 0 Å². The number of amides is 1. The second-order valence-electron chi connectivity index (χ2n) is 6.46. The van der Waals surface area contributed by atoms with E-state index in [0.717, 1.165) is 22.9 Å². The molecule has 0 aliphatic rings. The zero-order valence-electron chi connectivity index (χ0n) is 15.8. The lowest BCUT2D eigenvalue weighted by Gasteiger charge is -2.14. The SMILES string of the molecule is CCOc1cc(-c2ccc(F)cc2)nc2ccc(C(=O)N[C@@H](C)CC)cc12. The zero-order valence-corrected chi connectivity index (χ0v) is 15.8. The predicted octanol–water partition coefficient (Wildman–Crippen LogP) is 4.97. The average Bonchev–Trinajstić information content (AvgIpc) is 2.68. The van der Waals surface area contributed by atoms with Crippen molar-refractivity contribution in [3.63, 3.8) is 0 Å². The first-order valence-corrected chi connectivity index (χ1v) is 9.16. The maximum atomic E-state index is 13.2. The third-order valence-corrected chi connectivity index (χ3v) is 4.46. The predicted molar refractivity (Wildman–Crippen MR) is 106 cm³/mol. The normalized spacial score (nSPS) is 12.0. The Morgan fingerprint density at radius 1 is 1.15 bits per heavy atom. The molecule has 0 fully saturated rings. The van der Waals surface area contributed by atoms with Gasteiger partial charge in [0.05, 0.1) is 17.8 Å². The quantitative estimate of drug-likeness (QED) is 0.670. The van der Waals surface area contributed by atoms with Crippen LogP contribution in [-0.2, 0) is 0 Å². The highest BCUT2D eigenvalue weighted by Gasteiger charge is 2.13. The highest BCUT2D eigenvalue weighted by Crippen LogP contribution is 2.31. The number of nitrogens with zero attached hydrogens (tertiary/aromatic N) is 1. The number of benzene rings is 2. The first kappa shape index (κ1) is 18.8. The van der Waals surface area contributed by atoms with Crippen LogP contribution in [0.4, 0.5) is 4.39 Å². The summed E-state index contributed by atoms with van der Waals surface area (Å²) in [6.45, 7) is 6.40. The molecule has 0 saturated heterocycles. The minimum Gasteiger partial charge on any atom is -0.493 e. The van der Waals surface area contributed by atoms with Gasteiger partial charge in [-0.05, 0) is 62.7 Å². The van der Waals surface area contributed by atoms with Gasteiger partial charge < -0.3 is 10.1 Å². The fourth-order valence-corrected chi connectivity index (χ4v) is 2.79. The number of carbonyl (C=O) groups is 1. The summed E-state index contributed by atoms with van der Waals surface area (Å²) in [5, 5.41) is 3.75. The van der Waals surface area contributed by atoms with Gasteiger partial charge in [-0.15, -0.1) is 0 Å². The Morgan fingerprint density at radius 2 is 1.89 bits per heavy atom. The first-order chi connectivity index (χ1) is 13.0. The minimum atomic E-state index is -0.290. The molecule has 3 aromatic rings. The number of nitrogens with one attached hydrogen (secondary N) is 1. The van der Waals surface area contributed by atoms with Crippen LogP contribution in [0.2, 0.25) is 0 Å². The molecule has 4 nitrogen and oxygen atoms in total. The average molecular weight is 366 g/mol. The van der Waals surface area contributed by atoms with E-state index < -0.39 is 0 Å². The molecule has 0 aliphatic carbocycles. The van der Waals surface area contributed by atoms with E-state index in [0.29, 0.717) is 23.6 Å². The Labute approximate surface area is 158 Å². The summed E-state index contributed by atoms with van der Waals surface area (Å²) in [6.07, 6.45) is 0.867. The molecule has 1 aromatic heterocycles. The van der Waals surface area contributed by atoms with Crippen LogP contribution in [-0.4, -0.2) is 23.5 Å². The molecule has 3 rings (SSSR count). The summed E-state index contributed by atoms with van der Waals surface area (Å²) in [4.78, 5) is 17.1. The number of rotatable bonds is 6. The van der Waals surface area contributed by atoms with Gasteiger partial charge in [0.25, 0.3) is 5.91 Å². The van der Waals surface area contributed by atoms with Gasteiger partial charge in [0, 0.05) is 28.6 Å². The summed E-state index contributed by atoms with van der Waals surface area (Å²) in [7, 11) is 0. The van der Waals surface area contributed by atoms with Crippen LogP contribution < -0.4 is 10.1 Å². The molecule has 1 atom stereocenters. The monoisotopic (exact) mass is 366 g/mol. The number of ether oxygens (including phenoxy) is 1. The summed E-state index contributed by atoms with van der Waals surface area (Å²) in [5.41, 5.74) is 2.79. The molecule has 0 radical (unpaired) electrons. The van der Waals surface area contributed by atoms with Crippen molar-refractivity contribution in [1.29, 1.82) is 0 Å². The number of carbonyl (C=O) groups excluding carboxylic acids is 1. The van der Waals surface area contributed by atoms with Crippen LogP contribution >= 0.6 is 0 Å². The molecule has 2 aromatic carbocycles. The molecule has 0 aliphatic heterocycles. The lowest BCUT2D eigenvalue weighted by molar-refractivity contribution is 0.0939. The molecule has 5 heteroatoms. The van der Waals surface area contributed by atoms with E-state index in [1.807, 2.05) is 32.9 Å². The number of hydrogen-bond acceptors (Lipinski definition) is 3. The molecule has 140 valence electrons. The third-order valence-electron chi connectivity index (χ3n) is 4.46. The van der Waals surface area contributed by atoms with Gasteiger partial charge in [-0.25, -0.2) is 9.37 Å². The van der Waals surface area contributed by atoms with E-state index in [1.165, 1.54) is 12.1 Å². The van der Waals surface area contributed by atoms with Gasteiger partial charge in [-0.1, -0.05) is 6.92 Å². The van der Waals surface area contributed by atoms with Crippen molar-refractivity contribution in [3.8, 4) is 17.0 Å². The number of pyridine rings is 1. The smallest absolute Gasteiger partial charge is 0.251 e. The lowest BCUT2D eigenvalue weighted by Crippen LogP contribution is -2.31. The molecule has 1 N–H and O–H groups in total. The molecule has 0 saturated carbocycles. The van der Waals surface area contributed by atoms with Crippen molar-refractivity contribution in [2.45, 2.75) is 33.2 Å². The van der Waals surface area contributed by atoms with E-state index in [9.17, 15) is 9.18 Å². The minimum absolute atomic E-state index is 0.110. The van der Waals surface area contributed by atoms with Crippen LogP contribution in [0.5, 0.6) is 5.75 Å². The van der Waals surface area contributed by atoms with Crippen LogP contribution in [0.15, 0.2) is 48.5 Å². The van der Waals surface area contributed by atoms with Crippen molar-refractivity contribution in [2.24, 2.45) is 0 Å². The first-order valence-electron chi connectivity index (χ1n) is 9.16. The summed E-state index contributed by atoms with van der Waals surface area (Å²) >= 11 is 0. The summed E-state index contributed by atoms with van der Waals surface area (Å²) in [6, 6.07) is 13.5. The molecule has 27 heavy (non-hydrogen) atoms. The Morgan fingerprint density at radius 3 is 2.56 bits per heavy atom. The third kappa shape index (κ3) is 4.25. The number of hydrogen-bond donors (Lipinski definition) is 1. The van der Waals surface area contributed by atoms with E-state index in [-0.39, 0.29) is 17.8 Å². The van der Waals surface area contributed by atoms with Gasteiger partial charge in [0.1, 0.15) is 11.6 Å². The topological polar surface area (TPSA) is 51.2 Å². The fraction of sp³-hybridized carbons (Fsp3) is 0.273. The fourth-order valence-electron chi connectivity index (χ4n) is 2.79. The molecule has 1 heterocycles. The largest absolute Gasteiger partial charge is 0.493 e. The van der Waals surface area contributed by atoms with Crippen LogP contribution in [0.25, 0.3) is 22.2 Å². The summed E-state index contributed by atoms with van der Waals surface area (Å²) in [5.74, 6) is 0.248. The maximum Gasteiger partial charge on any atom is 0.251 e. The maximum absolute atomic E-state index is 13.2. The van der Waals surface area contributed by atoms with Gasteiger partial charge in [0.2, 0.25) is 0 Å². The van der Waals surface area contributed by atoms with Gasteiger partial charge in [-0.3, -0.25) is 4.79 Å². The highest BCUT2D eigenvalue weighted by molar-refractivity contribution is 5.99. The van der Waals surface area contributed by atoms with E-state index in [2.05, 4.69) is 10.3 Å². The second-order valence-corrected chi connectivity index (χ2v) is 6.46. The van der Waals surface area contributed by atoms with Crippen LogP contribution in [0.1, 0.15) is 37.6 Å². The molecule has 0 bridgehead atoms. The highest BCUT2D eigenvalue weighted by atomic mass is 19.1. The number of halogens is 1. The van der Waals surface area contributed by atoms with Crippen molar-refractivity contribution < 1.29 is 13.9 Å². The molecule has 0 spiro atoms. The van der Waals surface area contributed by atoms with Gasteiger partial charge >= 0.3 is 0 Å². The molecule has 0 unspecified atom stereocenters. The second kappa shape index (κ2) is 8.16.